The van der Waals surface area contributed by atoms with E-state index in [-0.39, 0.29) is 11.9 Å². The minimum Gasteiger partial charge on any atom is -0.342 e. The highest BCUT2D eigenvalue weighted by Gasteiger charge is 2.21. The van der Waals surface area contributed by atoms with Crippen LogP contribution in [0.25, 0.3) is 0 Å². The maximum atomic E-state index is 12.3. The number of likely N-dealkylation sites (N-methyl/N-ethyl adjacent to an activating group) is 1. The highest BCUT2D eigenvalue weighted by Crippen LogP contribution is 2.10. The molecule has 0 radical (unpaired) electrons. The van der Waals surface area contributed by atoms with Crippen molar-refractivity contribution in [1.82, 2.24) is 4.90 Å². The second kappa shape index (κ2) is 9.03. The first-order chi connectivity index (χ1) is 9.56. The average molecular weight is 294 g/mol. The lowest BCUT2D eigenvalue weighted by Gasteiger charge is -2.27. The number of hydrogen-bond donors (Lipinski definition) is 1. The van der Waals surface area contributed by atoms with Crippen molar-refractivity contribution >= 4 is 17.7 Å². The van der Waals surface area contributed by atoms with E-state index in [0.29, 0.717) is 6.42 Å². The van der Waals surface area contributed by atoms with Crippen LogP contribution < -0.4 is 5.73 Å². The van der Waals surface area contributed by atoms with Crippen LogP contribution >= 0.6 is 11.8 Å². The zero-order chi connectivity index (χ0) is 15.0. The normalized spacial score (nSPS) is 13.8. The summed E-state index contributed by atoms with van der Waals surface area (Å²) in [6, 6.07) is 10.0. The molecule has 2 N–H and O–H groups in total. The zero-order valence-corrected chi connectivity index (χ0v) is 13.5. The SMILES string of the molecule is CSCCC(C)N(C)C(=O)C(N)CCc1ccccc1. The Bertz CT molecular complexity index is 397. The Morgan fingerprint density at radius 2 is 1.95 bits per heavy atom. The highest BCUT2D eigenvalue weighted by molar-refractivity contribution is 7.98. The third kappa shape index (κ3) is 5.55. The lowest BCUT2D eigenvalue weighted by molar-refractivity contribution is -0.133. The van der Waals surface area contributed by atoms with Gasteiger partial charge in [0.25, 0.3) is 0 Å². The number of aryl methyl sites for hydroxylation is 1. The number of thioether (sulfide) groups is 1. The maximum Gasteiger partial charge on any atom is 0.239 e. The van der Waals surface area contributed by atoms with Crippen molar-refractivity contribution in [3.8, 4) is 0 Å². The lowest BCUT2D eigenvalue weighted by Crippen LogP contribution is -2.46. The van der Waals surface area contributed by atoms with Gasteiger partial charge >= 0.3 is 0 Å². The first kappa shape index (κ1) is 17.1. The first-order valence-electron chi connectivity index (χ1n) is 7.11. The van der Waals surface area contributed by atoms with Gasteiger partial charge in [-0.25, -0.2) is 0 Å². The van der Waals surface area contributed by atoms with Gasteiger partial charge in [0.1, 0.15) is 0 Å². The molecule has 1 amide bonds. The van der Waals surface area contributed by atoms with Gasteiger partial charge in [0, 0.05) is 13.1 Å². The molecule has 3 nitrogen and oxygen atoms in total. The van der Waals surface area contributed by atoms with E-state index in [9.17, 15) is 4.79 Å². The van der Waals surface area contributed by atoms with Crippen LogP contribution in [0.1, 0.15) is 25.3 Å². The van der Waals surface area contributed by atoms with Gasteiger partial charge < -0.3 is 10.6 Å². The maximum absolute atomic E-state index is 12.3. The molecule has 0 fully saturated rings. The van der Waals surface area contributed by atoms with Crippen molar-refractivity contribution in [2.75, 3.05) is 19.1 Å². The van der Waals surface area contributed by atoms with Crippen molar-refractivity contribution < 1.29 is 4.79 Å². The number of nitrogens with zero attached hydrogens (tertiary/aromatic N) is 1. The summed E-state index contributed by atoms with van der Waals surface area (Å²) in [6.45, 7) is 2.08. The fraction of sp³-hybridized carbons (Fsp3) is 0.562. The Balaban J connectivity index is 2.41. The van der Waals surface area contributed by atoms with Gasteiger partial charge in [0.15, 0.2) is 0 Å². The first-order valence-corrected chi connectivity index (χ1v) is 8.50. The second-order valence-corrected chi connectivity index (χ2v) is 6.20. The Labute approximate surface area is 126 Å². The van der Waals surface area contributed by atoms with Crippen LogP contribution in [-0.2, 0) is 11.2 Å². The summed E-state index contributed by atoms with van der Waals surface area (Å²) >= 11 is 1.81. The fourth-order valence-corrected chi connectivity index (χ4v) is 2.63. The third-order valence-corrected chi connectivity index (χ3v) is 4.30. The molecule has 1 aromatic rings. The molecule has 0 aliphatic heterocycles. The average Bonchev–Trinajstić information content (AvgIpc) is 2.49. The van der Waals surface area contributed by atoms with Crippen molar-refractivity contribution in [3.63, 3.8) is 0 Å². The molecule has 0 aliphatic carbocycles. The monoisotopic (exact) mass is 294 g/mol. The molecule has 0 heterocycles. The van der Waals surface area contributed by atoms with Crippen LogP contribution in [0.2, 0.25) is 0 Å². The molecule has 20 heavy (non-hydrogen) atoms. The van der Waals surface area contributed by atoms with Gasteiger partial charge in [-0.05, 0) is 43.8 Å². The molecule has 112 valence electrons. The molecule has 2 atom stereocenters. The Morgan fingerprint density at radius 1 is 1.30 bits per heavy atom. The molecular formula is C16H26N2OS. The zero-order valence-electron chi connectivity index (χ0n) is 12.7. The molecule has 2 unspecified atom stereocenters. The lowest BCUT2D eigenvalue weighted by atomic mass is 10.0. The minimum absolute atomic E-state index is 0.0505. The summed E-state index contributed by atoms with van der Waals surface area (Å²) in [5.41, 5.74) is 7.27. The van der Waals surface area contributed by atoms with Crippen LogP contribution in [0.5, 0.6) is 0 Å². The number of carbonyl (C=O) groups is 1. The molecule has 4 heteroatoms. The van der Waals surface area contributed by atoms with Crippen molar-refractivity contribution in [2.45, 2.75) is 38.3 Å². The number of hydrogen-bond acceptors (Lipinski definition) is 3. The molecule has 1 aromatic carbocycles. The predicted octanol–water partition coefficient (Wildman–Crippen LogP) is 2.55. The predicted molar refractivity (Wildman–Crippen MR) is 88.0 cm³/mol. The van der Waals surface area contributed by atoms with Gasteiger partial charge in [-0.1, -0.05) is 30.3 Å². The summed E-state index contributed by atoms with van der Waals surface area (Å²) in [6.07, 6.45) is 4.64. The van der Waals surface area contributed by atoms with Crippen LogP contribution in [0.4, 0.5) is 0 Å². The number of amides is 1. The summed E-state index contributed by atoms with van der Waals surface area (Å²) in [7, 11) is 1.86. The Morgan fingerprint density at radius 3 is 2.55 bits per heavy atom. The molecule has 0 bridgehead atoms. The van der Waals surface area contributed by atoms with Gasteiger partial charge in [-0.15, -0.1) is 0 Å². The van der Waals surface area contributed by atoms with Crippen molar-refractivity contribution in [1.29, 1.82) is 0 Å². The van der Waals surface area contributed by atoms with Crippen molar-refractivity contribution in [2.24, 2.45) is 5.73 Å². The molecule has 0 aliphatic rings. The van der Waals surface area contributed by atoms with Gasteiger partial charge in [-0.3, -0.25) is 4.79 Å². The van der Waals surface area contributed by atoms with Crippen LogP contribution in [0.3, 0.4) is 0 Å². The van der Waals surface area contributed by atoms with E-state index in [1.165, 1.54) is 5.56 Å². The Hall–Kier alpha value is -1.00. The van der Waals surface area contributed by atoms with E-state index >= 15 is 0 Å². The largest absolute Gasteiger partial charge is 0.342 e. The van der Waals surface area contributed by atoms with Crippen LogP contribution in [0.15, 0.2) is 30.3 Å². The molecule has 0 saturated heterocycles. The van der Waals surface area contributed by atoms with E-state index in [4.69, 9.17) is 5.73 Å². The molecule has 0 saturated carbocycles. The second-order valence-electron chi connectivity index (χ2n) is 5.21. The Kier molecular flexibility index (Phi) is 7.70. The van der Waals surface area contributed by atoms with Crippen molar-refractivity contribution in [3.05, 3.63) is 35.9 Å². The summed E-state index contributed by atoms with van der Waals surface area (Å²) in [5.74, 6) is 1.12. The highest BCUT2D eigenvalue weighted by atomic mass is 32.2. The smallest absolute Gasteiger partial charge is 0.239 e. The van der Waals surface area contributed by atoms with E-state index in [2.05, 4.69) is 25.3 Å². The number of benzene rings is 1. The molecular weight excluding hydrogens is 268 g/mol. The number of nitrogens with two attached hydrogens (primary N) is 1. The standard InChI is InChI=1S/C16H26N2OS/c1-13(11-12-20-3)18(2)16(19)15(17)10-9-14-7-5-4-6-8-14/h4-8,13,15H,9-12,17H2,1-3H3. The molecule has 0 aromatic heterocycles. The quantitative estimate of drug-likeness (QED) is 0.801. The third-order valence-electron chi connectivity index (χ3n) is 3.65. The summed E-state index contributed by atoms with van der Waals surface area (Å²) in [4.78, 5) is 14.1. The van der Waals surface area contributed by atoms with E-state index < -0.39 is 6.04 Å². The summed E-state index contributed by atoms with van der Waals surface area (Å²) < 4.78 is 0. The van der Waals surface area contributed by atoms with Gasteiger partial charge in [0.05, 0.1) is 6.04 Å². The van der Waals surface area contributed by atoms with Gasteiger partial charge in [0.2, 0.25) is 5.91 Å². The topological polar surface area (TPSA) is 46.3 Å². The fourth-order valence-electron chi connectivity index (χ4n) is 2.05. The number of rotatable bonds is 8. The minimum atomic E-state index is -0.406. The summed E-state index contributed by atoms with van der Waals surface area (Å²) in [5, 5.41) is 0. The molecule has 1 rings (SSSR count). The number of carbonyl (C=O) groups excluding carboxylic acids is 1. The molecule has 0 spiro atoms. The van der Waals surface area contributed by atoms with Gasteiger partial charge in [-0.2, -0.15) is 11.8 Å². The van der Waals surface area contributed by atoms with E-state index in [1.54, 1.807) is 16.7 Å². The van der Waals surface area contributed by atoms with Crippen LogP contribution in [0, 0.1) is 0 Å². The van der Waals surface area contributed by atoms with E-state index in [1.807, 2.05) is 25.2 Å². The van der Waals surface area contributed by atoms with Crippen LogP contribution in [-0.4, -0.2) is 41.9 Å². The van der Waals surface area contributed by atoms with E-state index in [0.717, 1.165) is 18.6 Å².